The molecule has 0 amide bonds. The Kier molecular flexibility index (Phi) is 4.95. The summed E-state index contributed by atoms with van der Waals surface area (Å²) in [5.41, 5.74) is 1.92. The molecule has 1 saturated heterocycles. The van der Waals surface area contributed by atoms with E-state index in [2.05, 4.69) is 13.8 Å². The van der Waals surface area contributed by atoms with Crippen LogP contribution in [0.25, 0.3) is 0 Å². The van der Waals surface area contributed by atoms with Gasteiger partial charge in [-0.1, -0.05) is 49.2 Å². The van der Waals surface area contributed by atoms with Crippen LogP contribution in [-0.4, -0.2) is 26.4 Å². The van der Waals surface area contributed by atoms with Gasteiger partial charge in [-0.2, -0.15) is 0 Å². The first-order valence-electron chi connectivity index (χ1n) is 7.80. The molecule has 0 radical (unpaired) electrons. The van der Waals surface area contributed by atoms with Crippen LogP contribution in [0.4, 0.5) is 0 Å². The fraction of sp³-hybridized carbons (Fsp3) is 0.368. The highest BCUT2D eigenvalue weighted by atomic mass is 35.5. The fourth-order valence-electron chi connectivity index (χ4n) is 2.58. The van der Waals surface area contributed by atoms with Gasteiger partial charge in [0.1, 0.15) is 24.2 Å². The topological polar surface area (TPSA) is 31.0 Å². The molecule has 1 unspecified atom stereocenters. The van der Waals surface area contributed by atoms with Crippen LogP contribution in [0.2, 0.25) is 10.0 Å². The van der Waals surface area contributed by atoms with Crippen molar-refractivity contribution in [1.82, 2.24) is 0 Å². The maximum atomic E-state index is 6.39. The van der Waals surface area contributed by atoms with E-state index < -0.39 is 0 Å². The van der Waals surface area contributed by atoms with E-state index in [-0.39, 0.29) is 11.5 Å². The van der Waals surface area contributed by atoms with Crippen molar-refractivity contribution >= 4 is 23.2 Å². The number of methoxy groups -OCH3 is 1. The van der Waals surface area contributed by atoms with E-state index in [1.807, 2.05) is 36.4 Å². The SMILES string of the molecule is COc1ccc(C(C)(C)c2ccc(OCC3CO3)c(Cl)c2)cc1Cl. The van der Waals surface area contributed by atoms with Crippen molar-refractivity contribution in [3.63, 3.8) is 0 Å². The van der Waals surface area contributed by atoms with E-state index in [0.29, 0.717) is 28.2 Å². The van der Waals surface area contributed by atoms with Crippen LogP contribution >= 0.6 is 23.2 Å². The Morgan fingerprint density at radius 2 is 1.58 bits per heavy atom. The standard InChI is InChI=1S/C19H20Cl2O3/c1-19(2,12-4-6-17(22-3)15(20)8-12)13-5-7-18(16(21)9-13)24-11-14-10-23-14/h4-9,14H,10-11H2,1-3H3. The van der Waals surface area contributed by atoms with Gasteiger partial charge >= 0.3 is 0 Å². The third kappa shape index (κ3) is 3.64. The van der Waals surface area contributed by atoms with Crippen LogP contribution in [-0.2, 0) is 10.2 Å². The monoisotopic (exact) mass is 366 g/mol. The molecule has 2 aromatic rings. The summed E-state index contributed by atoms with van der Waals surface area (Å²) >= 11 is 12.7. The highest BCUT2D eigenvalue weighted by Gasteiger charge is 2.26. The number of benzene rings is 2. The van der Waals surface area contributed by atoms with Gasteiger partial charge in [-0.15, -0.1) is 0 Å². The van der Waals surface area contributed by atoms with Crippen molar-refractivity contribution in [2.75, 3.05) is 20.3 Å². The van der Waals surface area contributed by atoms with Crippen molar-refractivity contribution in [2.24, 2.45) is 0 Å². The van der Waals surface area contributed by atoms with E-state index in [4.69, 9.17) is 37.4 Å². The molecule has 3 nitrogen and oxygen atoms in total. The zero-order chi connectivity index (χ0) is 17.3. The first-order valence-corrected chi connectivity index (χ1v) is 8.56. The summed E-state index contributed by atoms with van der Waals surface area (Å²) in [4.78, 5) is 0. The second-order valence-corrected chi connectivity index (χ2v) is 7.20. The van der Waals surface area contributed by atoms with Crippen LogP contribution in [0.3, 0.4) is 0 Å². The van der Waals surface area contributed by atoms with Gasteiger partial charge < -0.3 is 14.2 Å². The molecule has 1 fully saturated rings. The number of epoxide rings is 1. The molecule has 0 aromatic heterocycles. The van der Waals surface area contributed by atoms with Crippen molar-refractivity contribution in [3.8, 4) is 11.5 Å². The molecule has 1 heterocycles. The Balaban J connectivity index is 1.85. The lowest BCUT2D eigenvalue weighted by Crippen LogP contribution is -2.19. The molecule has 3 rings (SSSR count). The molecule has 0 N–H and O–H groups in total. The van der Waals surface area contributed by atoms with Gasteiger partial charge in [0.2, 0.25) is 0 Å². The minimum atomic E-state index is -0.252. The van der Waals surface area contributed by atoms with Crippen LogP contribution < -0.4 is 9.47 Å². The number of ether oxygens (including phenoxy) is 3. The maximum Gasteiger partial charge on any atom is 0.138 e. The summed E-state index contributed by atoms with van der Waals surface area (Å²) < 4.78 is 16.1. The molecule has 2 aromatic carbocycles. The normalized spacial score (nSPS) is 16.8. The average Bonchev–Trinajstić information content (AvgIpc) is 3.37. The molecular formula is C19H20Cl2O3. The third-order valence-electron chi connectivity index (χ3n) is 4.35. The second-order valence-electron chi connectivity index (χ2n) is 6.39. The maximum absolute atomic E-state index is 6.39. The molecule has 1 atom stereocenters. The Morgan fingerprint density at radius 3 is 2.04 bits per heavy atom. The molecule has 0 aliphatic carbocycles. The number of hydrogen-bond acceptors (Lipinski definition) is 3. The van der Waals surface area contributed by atoms with Gasteiger partial charge in [0.15, 0.2) is 0 Å². The van der Waals surface area contributed by atoms with Crippen LogP contribution in [0.5, 0.6) is 11.5 Å². The summed E-state index contributed by atoms with van der Waals surface area (Å²) in [5, 5.41) is 1.19. The van der Waals surface area contributed by atoms with E-state index >= 15 is 0 Å². The predicted octanol–water partition coefficient (Wildman–Crippen LogP) is 5.11. The molecule has 0 saturated carbocycles. The minimum absolute atomic E-state index is 0.207. The van der Waals surface area contributed by atoms with Gasteiger partial charge in [-0.05, 0) is 35.4 Å². The summed E-state index contributed by atoms with van der Waals surface area (Å²) in [7, 11) is 1.61. The quantitative estimate of drug-likeness (QED) is 0.665. The summed E-state index contributed by atoms with van der Waals surface area (Å²) in [6.07, 6.45) is 0.207. The highest BCUT2D eigenvalue weighted by molar-refractivity contribution is 6.32. The molecule has 0 bridgehead atoms. The first kappa shape index (κ1) is 17.4. The Morgan fingerprint density at radius 1 is 1.04 bits per heavy atom. The van der Waals surface area contributed by atoms with E-state index in [1.165, 1.54) is 0 Å². The average molecular weight is 367 g/mol. The second kappa shape index (κ2) is 6.83. The summed E-state index contributed by atoms with van der Waals surface area (Å²) in [6.45, 7) is 5.57. The van der Waals surface area contributed by atoms with Crippen LogP contribution in [0, 0.1) is 0 Å². The predicted molar refractivity (Wildman–Crippen MR) is 96.8 cm³/mol. The van der Waals surface area contributed by atoms with Gasteiger partial charge in [0, 0.05) is 5.41 Å². The minimum Gasteiger partial charge on any atom is -0.495 e. The molecular weight excluding hydrogens is 347 g/mol. The lowest BCUT2D eigenvalue weighted by atomic mass is 9.78. The van der Waals surface area contributed by atoms with Crippen LogP contribution in [0.1, 0.15) is 25.0 Å². The molecule has 128 valence electrons. The van der Waals surface area contributed by atoms with Crippen molar-refractivity contribution in [3.05, 3.63) is 57.6 Å². The van der Waals surface area contributed by atoms with Gasteiger partial charge in [0.25, 0.3) is 0 Å². The van der Waals surface area contributed by atoms with Gasteiger partial charge in [0.05, 0.1) is 23.8 Å². The fourth-order valence-corrected chi connectivity index (χ4v) is 3.07. The smallest absolute Gasteiger partial charge is 0.138 e. The lowest BCUT2D eigenvalue weighted by Gasteiger charge is -2.27. The molecule has 1 aliphatic heterocycles. The molecule has 5 heteroatoms. The van der Waals surface area contributed by atoms with Crippen molar-refractivity contribution < 1.29 is 14.2 Å². The molecule has 0 spiro atoms. The zero-order valence-electron chi connectivity index (χ0n) is 13.9. The number of rotatable bonds is 6. The van der Waals surface area contributed by atoms with E-state index in [9.17, 15) is 0 Å². The highest BCUT2D eigenvalue weighted by Crippen LogP contribution is 2.38. The van der Waals surface area contributed by atoms with E-state index in [0.717, 1.165) is 17.7 Å². The van der Waals surface area contributed by atoms with E-state index in [1.54, 1.807) is 7.11 Å². The molecule has 1 aliphatic rings. The van der Waals surface area contributed by atoms with Gasteiger partial charge in [-0.3, -0.25) is 0 Å². The van der Waals surface area contributed by atoms with Crippen molar-refractivity contribution in [1.29, 1.82) is 0 Å². The summed E-state index contributed by atoms with van der Waals surface area (Å²) in [5.74, 6) is 1.35. The summed E-state index contributed by atoms with van der Waals surface area (Å²) in [6, 6.07) is 11.7. The Labute approximate surface area is 152 Å². The van der Waals surface area contributed by atoms with Gasteiger partial charge in [-0.25, -0.2) is 0 Å². The lowest BCUT2D eigenvalue weighted by molar-refractivity contribution is 0.263. The third-order valence-corrected chi connectivity index (χ3v) is 4.94. The number of hydrogen-bond donors (Lipinski definition) is 0. The largest absolute Gasteiger partial charge is 0.495 e. The first-order chi connectivity index (χ1) is 11.4. The molecule has 24 heavy (non-hydrogen) atoms. The zero-order valence-corrected chi connectivity index (χ0v) is 15.4. The number of halogens is 2. The van der Waals surface area contributed by atoms with Crippen molar-refractivity contribution in [2.45, 2.75) is 25.4 Å². The van der Waals surface area contributed by atoms with Crippen LogP contribution in [0.15, 0.2) is 36.4 Å². The Hall–Kier alpha value is -1.42. The Bertz CT molecular complexity index is 739.